The first-order valence-corrected chi connectivity index (χ1v) is 7.77. The number of nitrogens with one attached hydrogen (secondary N) is 1. The largest absolute Gasteiger partial charge is 0.478 e. The van der Waals surface area contributed by atoms with Crippen LogP contribution in [0.15, 0.2) is 22.7 Å². The van der Waals surface area contributed by atoms with Crippen molar-refractivity contribution in [3.8, 4) is 0 Å². The highest BCUT2D eigenvalue weighted by molar-refractivity contribution is 9.10. The molecule has 2 unspecified atom stereocenters. The standard InChI is InChI=1S/C15H19BrN2O3/c1-9-6-7-18(8-10(9)2)15(21)17-13-11(14(19)20)4-3-5-12(13)16/h3-5,9-10H,6-8H2,1-2H3,(H,17,21)(H,19,20). The second-order valence-corrected chi connectivity index (χ2v) is 6.44. The quantitative estimate of drug-likeness (QED) is 0.851. The summed E-state index contributed by atoms with van der Waals surface area (Å²) in [6, 6.07) is 4.57. The minimum Gasteiger partial charge on any atom is -0.478 e. The third-order valence-corrected chi connectivity index (χ3v) is 4.76. The van der Waals surface area contributed by atoms with E-state index in [0.717, 1.165) is 6.42 Å². The van der Waals surface area contributed by atoms with E-state index in [-0.39, 0.29) is 11.6 Å². The number of carbonyl (C=O) groups excluding carboxylic acids is 1. The second kappa shape index (κ2) is 6.47. The molecule has 5 nitrogen and oxygen atoms in total. The Bertz CT molecular complexity index is 562. The Morgan fingerprint density at radius 3 is 2.67 bits per heavy atom. The van der Waals surface area contributed by atoms with Crippen molar-refractivity contribution in [2.24, 2.45) is 11.8 Å². The molecule has 1 aliphatic heterocycles. The number of benzene rings is 1. The van der Waals surface area contributed by atoms with Gasteiger partial charge in [-0.05, 0) is 46.3 Å². The number of carboxylic acids is 1. The van der Waals surface area contributed by atoms with Gasteiger partial charge >= 0.3 is 12.0 Å². The van der Waals surface area contributed by atoms with Gasteiger partial charge < -0.3 is 15.3 Å². The molecule has 1 aromatic rings. The van der Waals surface area contributed by atoms with Crippen molar-refractivity contribution in [1.29, 1.82) is 0 Å². The highest BCUT2D eigenvalue weighted by Gasteiger charge is 2.27. The van der Waals surface area contributed by atoms with E-state index >= 15 is 0 Å². The minimum atomic E-state index is -1.06. The zero-order valence-corrected chi connectivity index (χ0v) is 13.7. The van der Waals surface area contributed by atoms with Crippen molar-refractivity contribution in [3.63, 3.8) is 0 Å². The molecule has 0 saturated carbocycles. The fourth-order valence-corrected chi connectivity index (χ4v) is 2.93. The maximum atomic E-state index is 12.3. The summed E-state index contributed by atoms with van der Waals surface area (Å²) in [5.74, 6) is -0.0121. The van der Waals surface area contributed by atoms with Crippen molar-refractivity contribution >= 4 is 33.6 Å². The van der Waals surface area contributed by atoms with Gasteiger partial charge in [0.25, 0.3) is 0 Å². The highest BCUT2D eigenvalue weighted by atomic mass is 79.9. The van der Waals surface area contributed by atoms with E-state index < -0.39 is 5.97 Å². The number of likely N-dealkylation sites (tertiary alicyclic amines) is 1. The predicted molar refractivity (Wildman–Crippen MR) is 84.6 cm³/mol. The molecule has 0 bridgehead atoms. The minimum absolute atomic E-state index is 0.0798. The van der Waals surface area contributed by atoms with Crippen LogP contribution in [0.3, 0.4) is 0 Å². The van der Waals surface area contributed by atoms with Gasteiger partial charge in [-0.15, -0.1) is 0 Å². The van der Waals surface area contributed by atoms with Gasteiger partial charge in [0.15, 0.2) is 0 Å². The molecule has 2 atom stereocenters. The molecule has 1 heterocycles. The maximum absolute atomic E-state index is 12.3. The zero-order valence-electron chi connectivity index (χ0n) is 12.1. The number of aromatic carboxylic acids is 1. The maximum Gasteiger partial charge on any atom is 0.337 e. The van der Waals surface area contributed by atoms with Gasteiger partial charge in [-0.2, -0.15) is 0 Å². The van der Waals surface area contributed by atoms with Crippen LogP contribution in [-0.2, 0) is 0 Å². The van der Waals surface area contributed by atoms with Crippen molar-refractivity contribution < 1.29 is 14.7 Å². The number of piperidine rings is 1. The van der Waals surface area contributed by atoms with Crippen LogP contribution < -0.4 is 5.32 Å². The Hall–Kier alpha value is -1.56. The third kappa shape index (κ3) is 3.56. The van der Waals surface area contributed by atoms with Gasteiger partial charge in [-0.25, -0.2) is 9.59 Å². The van der Waals surface area contributed by atoms with Gasteiger partial charge in [-0.3, -0.25) is 0 Å². The summed E-state index contributed by atoms with van der Waals surface area (Å²) in [4.78, 5) is 25.3. The number of para-hydroxylation sites is 1. The predicted octanol–water partition coefficient (Wildman–Crippen LogP) is 3.66. The van der Waals surface area contributed by atoms with Crippen molar-refractivity contribution in [2.75, 3.05) is 18.4 Å². The Kier molecular flexibility index (Phi) is 4.88. The molecule has 21 heavy (non-hydrogen) atoms. The SMILES string of the molecule is CC1CCN(C(=O)Nc2c(Br)cccc2C(=O)O)CC1C. The molecule has 1 aliphatic rings. The lowest BCUT2D eigenvalue weighted by molar-refractivity contribution is 0.0698. The summed E-state index contributed by atoms with van der Waals surface area (Å²) in [7, 11) is 0. The average molecular weight is 355 g/mol. The Morgan fingerprint density at radius 1 is 1.33 bits per heavy atom. The number of amides is 2. The lowest BCUT2D eigenvalue weighted by atomic mass is 9.89. The van der Waals surface area contributed by atoms with E-state index in [4.69, 9.17) is 0 Å². The molecule has 114 valence electrons. The summed E-state index contributed by atoms with van der Waals surface area (Å²) in [6.07, 6.45) is 0.969. The Balaban J connectivity index is 2.15. The summed E-state index contributed by atoms with van der Waals surface area (Å²) < 4.78 is 0.564. The Morgan fingerprint density at radius 2 is 2.05 bits per heavy atom. The number of anilines is 1. The molecular formula is C15H19BrN2O3. The second-order valence-electron chi connectivity index (χ2n) is 5.59. The van der Waals surface area contributed by atoms with E-state index in [9.17, 15) is 14.7 Å². The molecule has 0 radical (unpaired) electrons. The lowest BCUT2D eigenvalue weighted by Gasteiger charge is -2.35. The zero-order chi connectivity index (χ0) is 15.6. The van der Waals surface area contributed by atoms with Crippen LogP contribution in [0, 0.1) is 11.8 Å². The number of rotatable bonds is 2. The van der Waals surface area contributed by atoms with Crippen molar-refractivity contribution in [2.45, 2.75) is 20.3 Å². The number of carboxylic acid groups (broad SMARTS) is 1. The first kappa shape index (κ1) is 15.8. The molecule has 2 N–H and O–H groups in total. The van der Waals surface area contributed by atoms with Crippen LogP contribution in [0.5, 0.6) is 0 Å². The Labute approximate surface area is 132 Å². The van der Waals surface area contributed by atoms with Gasteiger partial charge in [0.1, 0.15) is 0 Å². The molecule has 0 aromatic heterocycles. The molecule has 6 heteroatoms. The number of urea groups is 1. The first-order valence-electron chi connectivity index (χ1n) is 6.98. The highest BCUT2D eigenvalue weighted by Crippen LogP contribution is 2.28. The van der Waals surface area contributed by atoms with Gasteiger partial charge in [0, 0.05) is 17.6 Å². The van der Waals surface area contributed by atoms with Crippen LogP contribution in [0.2, 0.25) is 0 Å². The van der Waals surface area contributed by atoms with Crippen molar-refractivity contribution in [1.82, 2.24) is 4.90 Å². The van der Waals surface area contributed by atoms with Gasteiger partial charge in [0.05, 0.1) is 11.3 Å². The summed E-state index contributed by atoms with van der Waals surface area (Å²) in [6.45, 7) is 5.71. The van der Waals surface area contributed by atoms with E-state index in [1.54, 1.807) is 17.0 Å². The molecule has 0 spiro atoms. The molecule has 2 amide bonds. The molecule has 1 saturated heterocycles. The number of hydrogen-bond acceptors (Lipinski definition) is 2. The fourth-order valence-electron chi connectivity index (χ4n) is 2.46. The number of hydrogen-bond donors (Lipinski definition) is 2. The van der Waals surface area contributed by atoms with Gasteiger partial charge in [-0.1, -0.05) is 19.9 Å². The summed E-state index contributed by atoms with van der Waals surface area (Å²) >= 11 is 3.29. The monoisotopic (exact) mass is 354 g/mol. The van der Waals surface area contributed by atoms with Crippen LogP contribution in [-0.4, -0.2) is 35.1 Å². The number of carbonyl (C=O) groups is 2. The smallest absolute Gasteiger partial charge is 0.337 e. The topological polar surface area (TPSA) is 69.6 Å². The summed E-state index contributed by atoms with van der Waals surface area (Å²) in [5, 5.41) is 11.9. The molecule has 1 aromatic carbocycles. The number of halogens is 1. The third-order valence-electron chi connectivity index (χ3n) is 4.10. The lowest BCUT2D eigenvalue weighted by Crippen LogP contribution is -2.44. The van der Waals surface area contributed by atoms with E-state index in [1.165, 1.54) is 6.07 Å². The van der Waals surface area contributed by atoms with Gasteiger partial charge in [0.2, 0.25) is 0 Å². The fraction of sp³-hybridized carbons (Fsp3) is 0.467. The van der Waals surface area contributed by atoms with Crippen LogP contribution >= 0.6 is 15.9 Å². The summed E-state index contributed by atoms with van der Waals surface area (Å²) in [5.41, 5.74) is 0.387. The molecule has 0 aliphatic carbocycles. The first-order chi connectivity index (χ1) is 9.90. The molecular weight excluding hydrogens is 336 g/mol. The van der Waals surface area contributed by atoms with E-state index in [0.29, 0.717) is 35.1 Å². The van der Waals surface area contributed by atoms with Crippen LogP contribution in [0.1, 0.15) is 30.6 Å². The van der Waals surface area contributed by atoms with Crippen molar-refractivity contribution in [3.05, 3.63) is 28.2 Å². The number of nitrogens with zero attached hydrogens (tertiary/aromatic N) is 1. The van der Waals surface area contributed by atoms with Crippen LogP contribution in [0.25, 0.3) is 0 Å². The molecule has 2 rings (SSSR count). The van der Waals surface area contributed by atoms with E-state index in [1.807, 2.05) is 0 Å². The average Bonchev–Trinajstić information content (AvgIpc) is 2.43. The van der Waals surface area contributed by atoms with E-state index in [2.05, 4.69) is 35.1 Å². The molecule has 1 fully saturated rings. The normalized spacial score (nSPS) is 22.0. The van der Waals surface area contributed by atoms with Crippen LogP contribution in [0.4, 0.5) is 10.5 Å².